The van der Waals surface area contributed by atoms with Crippen molar-refractivity contribution in [3.8, 4) is 51.2 Å². The van der Waals surface area contributed by atoms with Crippen LogP contribution in [0, 0.1) is 0 Å². The molecule has 0 aliphatic rings. The van der Waals surface area contributed by atoms with Gasteiger partial charge in [-0.15, -0.1) is 0 Å². The number of fused-ring (bicyclic) bond motifs is 6. The van der Waals surface area contributed by atoms with Gasteiger partial charge in [0.1, 0.15) is 50.6 Å². The van der Waals surface area contributed by atoms with Gasteiger partial charge >= 0.3 is 0 Å². The Hall–Kier alpha value is -7.05. The van der Waals surface area contributed by atoms with E-state index in [1.807, 2.05) is 36.4 Å². The van der Waals surface area contributed by atoms with Gasteiger partial charge in [0.05, 0.1) is 0 Å². The predicted octanol–water partition coefficient (Wildman–Crippen LogP) is 10.7. The fourth-order valence-corrected chi connectivity index (χ4v) is 7.24. The zero-order valence-electron chi connectivity index (χ0n) is 27.5. The Bertz CT molecular complexity index is 2460. The lowest BCUT2D eigenvalue weighted by Gasteiger charge is -2.12. The van der Waals surface area contributed by atoms with E-state index in [0.717, 1.165) is 84.3 Å². The average Bonchev–Trinajstić information content (AvgIpc) is 3.92. The van der Waals surface area contributed by atoms with Gasteiger partial charge in [-0.05, 0) is 36.4 Å². The van der Waals surface area contributed by atoms with E-state index in [2.05, 4.69) is 159 Å². The highest BCUT2D eigenvalue weighted by Crippen LogP contribution is 2.44. The Balaban J connectivity index is 1.50. The molecule has 0 bridgehead atoms. The highest BCUT2D eigenvalue weighted by Gasteiger charge is 2.30. The molecule has 0 saturated heterocycles. The molecule has 10 rings (SSSR count). The minimum atomic E-state index is 0.830. The summed E-state index contributed by atoms with van der Waals surface area (Å²) in [7, 11) is 0. The van der Waals surface area contributed by atoms with E-state index in [9.17, 15) is 0 Å². The molecule has 3 aromatic heterocycles. The van der Waals surface area contributed by atoms with Crippen LogP contribution in [0.3, 0.4) is 0 Å². The van der Waals surface area contributed by atoms with Crippen molar-refractivity contribution in [2.45, 2.75) is 0 Å². The second-order valence-corrected chi connectivity index (χ2v) is 12.5. The summed E-state index contributed by atoms with van der Waals surface area (Å²) in [6.45, 7) is 0. The maximum atomic E-state index is 5.57. The number of hydrogen-bond acceptors (Lipinski definition) is 3. The van der Waals surface area contributed by atoms with Crippen LogP contribution in [0.15, 0.2) is 182 Å². The van der Waals surface area contributed by atoms with Crippen LogP contribution in [0.5, 0.6) is 0 Å². The number of nitrogens with zero attached hydrogens (tertiary/aromatic N) is 6. The molecule has 10 aromatic rings. The molecule has 240 valence electrons. The minimum absolute atomic E-state index is 0.830. The van der Waals surface area contributed by atoms with Crippen LogP contribution in [-0.4, -0.2) is 28.7 Å². The molecule has 0 unspecified atom stereocenters. The van der Waals surface area contributed by atoms with Gasteiger partial charge < -0.3 is 0 Å². The van der Waals surface area contributed by atoms with E-state index in [1.54, 1.807) is 0 Å². The Morgan fingerprint density at radius 3 is 0.706 bits per heavy atom. The molecule has 0 fully saturated rings. The first-order valence-electron chi connectivity index (χ1n) is 17.1. The van der Waals surface area contributed by atoms with E-state index < -0.39 is 0 Å². The van der Waals surface area contributed by atoms with Crippen molar-refractivity contribution >= 4 is 33.1 Å². The number of rotatable bonds is 6. The average molecular weight is 655 g/mol. The summed E-state index contributed by atoms with van der Waals surface area (Å²) in [5.41, 5.74) is 11.3. The molecule has 51 heavy (non-hydrogen) atoms. The lowest BCUT2D eigenvalue weighted by molar-refractivity contribution is 1.10. The number of para-hydroxylation sites is 3. The zero-order chi connectivity index (χ0) is 33.7. The normalized spacial score (nSPS) is 11.5. The maximum absolute atomic E-state index is 5.57. The molecule has 0 aliphatic carbocycles. The van der Waals surface area contributed by atoms with Crippen LogP contribution < -0.4 is 0 Å². The molecule has 0 saturated carbocycles. The molecule has 0 atom stereocenters. The second kappa shape index (κ2) is 11.8. The first-order valence-corrected chi connectivity index (χ1v) is 17.1. The number of aromatic nitrogens is 6. The van der Waals surface area contributed by atoms with Crippen LogP contribution in [-0.2, 0) is 0 Å². The molecule has 0 amide bonds. The summed E-state index contributed by atoms with van der Waals surface area (Å²) in [4.78, 5) is 16.7. The van der Waals surface area contributed by atoms with E-state index in [-0.39, 0.29) is 0 Å². The van der Waals surface area contributed by atoms with Crippen molar-refractivity contribution in [3.63, 3.8) is 0 Å². The topological polar surface area (TPSA) is 53.5 Å². The molecule has 0 radical (unpaired) electrons. The summed E-state index contributed by atoms with van der Waals surface area (Å²) in [6.07, 6.45) is 0. The molecule has 0 aliphatic heterocycles. The molecule has 6 nitrogen and oxygen atoms in total. The number of hydrogen-bond donors (Lipinski definition) is 0. The Morgan fingerprint density at radius 2 is 0.471 bits per heavy atom. The standard InChI is InChI=1S/C45H30N6/c1-7-19-31(20-8-1)43-46-37-40(49(43)34-25-13-4-14-26-34)38-42(51(36-29-17-6-18-30-36)44(47-38)32-21-9-2-10-22-32)39-41(37)50(35-27-15-5-16-28-35)45(48-39)33-23-11-3-12-24-33/h1-30H. The summed E-state index contributed by atoms with van der Waals surface area (Å²) < 4.78 is 6.82. The highest BCUT2D eigenvalue weighted by atomic mass is 15.2. The largest absolute Gasteiger partial charge is 0.290 e. The van der Waals surface area contributed by atoms with Crippen molar-refractivity contribution in [3.05, 3.63) is 182 Å². The monoisotopic (exact) mass is 654 g/mol. The van der Waals surface area contributed by atoms with Crippen molar-refractivity contribution in [2.24, 2.45) is 0 Å². The Morgan fingerprint density at radius 1 is 0.255 bits per heavy atom. The molecule has 3 heterocycles. The van der Waals surface area contributed by atoms with Crippen molar-refractivity contribution in [1.82, 2.24) is 28.7 Å². The van der Waals surface area contributed by atoms with Gasteiger partial charge in [-0.2, -0.15) is 0 Å². The van der Waals surface area contributed by atoms with E-state index >= 15 is 0 Å². The van der Waals surface area contributed by atoms with Gasteiger partial charge in [0.15, 0.2) is 0 Å². The molecule has 0 spiro atoms. The summed E-state index contributed by atoms with van der Waals surface area (Å²) in [5, 5.41) is 0. The van der Waals surface area contributed by atoms with Crippen molar-refractivity contribution < 1.29 is 0 Å². The van der Waals surface area contributed by atoms with Crippen LogP contribution in [0.4, 0.5) is 0 Å². The van der Waals surface area contributed by atoms with Crippen LogP contribution in [0.2, 0.25) is 0 Å². The minimum Gasteiger partial charge on any atom is -0.290 e. The second-order valence-electron chi connectivity index (χ2n) is 12.5. The maximum Gasteiger partial charge on any atom is 0.145 e. The smallest absolute Gasteiger partial charge is 0.145 e. The SMILES string of the molecule is c1ccc(-c2nc3c(c4nc(-c5ccccc5)n(-c5ccccc5)c4c4nc(-c5ccccc5)n(-c5ccccc5)c34)n2-c2ccccc2)cc1. The molecule has 6 heteroatoms. The quantitative estimate of drug-likeness (QED) is 0.179. The molecular weight excluding hydrogens is 625 g/mol. The third kappa shape index (κ3) is 4.61. The van der Waals surface area contributed by atoms with Gasteiger partial charge in [0.2, 0.25) is 0 Å². The Labute approximate surface area is 294 Å². The van der Waals surface area contributed by atoms with Gasteiger partial charge in [-0.1, -0.05) is 146 Å². The fraction of sp³-hybridized carbons (Fsp3) is 0. The van der Waals surface area contributed by atoms with Crippen molar-refractivity contribution in [1.29, 1.82) is 0 Å². The van der Waals surface area contributed by atoms with Crippen molar-refractivity contribution in [2.75, 3.05) is 0 Å². The molecule has 0 N–H and O–H groups in total. The van der Waals surface area contributed by atoms with Crippen LogP contribution in [0.25, 0.3) is 84.3 Å². The first-order chi connectivity index (χ1) is 25.3. The fourth-order valence-electron chi connectivity index (χ4n) is 7.24. The van der Waals surface area contributed by atoms with E-state index in [4.69, 9.17) is 15.0 Å². The van der Waals surface area contributed by atoms with Gasteiger partial charge in [-0.3, -0.25) is 13.7 Å². The lowest BCUT2D eigenvalue weighted by Crippen LogP contribution is -2.00. The molecular formula is C45H30N6. The van der Waals surface area contributed by atoms with E-state index in [0.29, 0.717) is 0 Å². The third-order valence-electron chi connectivity index (χ3n) is 9.44. The summed E-state index contributed by atoms with van der Waals surface area (Å²) in [5.74, 6) is 2.51. The zero-order valence-corrected chi connectivity index (χ0v) is 27.5. The first kappa shape index (κ1) is 28.9. The lowest BCUT2D eigenvalue weighted by atomic mass is 10.1. The summed E-state index contributed by atoms with van der Waals surface area (Å²) in [6, 6.07) is 62.7. The highest BCUT2D eigenvalue weighted by molar-refractivity contribution is 6.22. The van der Waals surface area contributed by atoms with E-state index in [1.165, 1.54) is 0 Å². The number of imidazole rings is 3. The number of benzene rings is 7. The predicted molar refractivity (Wildman–Crippen MR) is 207 cm³/mol. The van der Waals surface area contributed by atoms with Crippen LogP contribution in [0.1, 0.15) is 0 Å². The van der Waals surface area contributed by atoms with Gasteiger partial charge in [0.25, 0.3) is 0 Å². The van der Waals surface area contributed by atoms with Gasteiger partial charge in [0, 0.05) is 33.8 Å². The summed E-state index contributed by atoms with van der Waals surface area (Å²) >= 11 is 0. The molecule has 7 aromatic carbocycles. The van der Waals surface area contributed by atoms with Crippen LogP contribution >= 0.6 is 0 Å². The Kier molecular flexibility index (Phi) is 6.70. The van der Waals surface area contributed by atoms with Gasteiger partial charge in [-0.25, -0.2) is 15.0 Å². The third-order valence-corrected chi connectivity index (χ3v) is 9.44.